The number of amides is 1. The molecule has 1 aliphatic heterocycles. The molecular formula is C30H21ClF4N8O2. The summed E-state index contributed by atoms with van der Waals surface area (Å²) in [5.41, 5.74) is 0.961. The number of fused-ring (bicyclic) bond motifs is 3. The maximum Gasteiger partial charge on any atom is 0.487 e. The third-order valence-corrected chi connectivity index (χ3v) is 7.52. The SMILES string of the molecule is O=C(Nc1ccc(OC(F)(F)Cl)cc1)c1cnc(N2CC[C@@H](F)C2)c(-c2cnc3c(c2)-c2c(cnn2-c2ncc(F)cn2)C3)c1. The van der Waals surface area contributed by atoms with E-state index in [4.69, 9.17) is 16.6 Å². The highest BCUT2D eigenvalue weighted by atomic mass is 35.5. The first kappa shape index (κ1) is 28.6. The third kappa shape index (κ3) is 5.76. The lowest BCUT2D eigenvalue weighted by Gasteiger charge is -2.21. The number of pyridine rings is 2. The van der Waals surface area contributed by atoms with Crippen molar-refractivity contribution in [1.29, 1.82) is 0 Å². The van der Waals surface area contributed by atoms with Gasteiger partial charge in [-0.2, -0.15) is 9.78 Å². The Morgan fingerprint density at radius 2 is 1.78 bits per heavy atom. The van der Waals surface area contributed by atoms with Crippen molar-refractivity contribution in [3.63, 3.8) is 0 Å². The summed E-state index contributed by atoms with van der Waals surface area (Å²) in [6.07, 6.45) is 6.72. The average molecular weight is 637 g/mol. The molecule has 2 aliphatic rings. The predicted octanol–water partition coefficient (Wildman–Crippen LogP) is 5.80. The molecule has 5 heterocycles. The van der Waals surface area contributed by atoms with Crippen LogP contribution in [0, 0.1) is 5.82 Å². The number of carbonyl (C=O) groups is 1. The molecule has 0 unspecified atom stereocenters. The molecular weight excluding hydrogens is 616 g/mol. The Kier molecular flexibility index (Phi) is 7.07. The van der Waals surface area contributed by atoms with E-state index in [1.807, 2.05) is 11.0 Å². The third-order valence-electron chi connectivity index (χ3n) is 7.44. The lowest BCUT2D eigenvalue weighted by atomic mass is 10.0. The first-order valence-corrected chi connectivity index (χ1v) is 14.1. The second kappa shape index (κ2) is 11.1. The van der Waals surface area contributed by atoms with E-state index in [1.165, 1.54) is 35.1 Å². The number of rotatable bonds is 7. The Balaban J connectivity index is 1.24. The molecule has 228 valence electrons. The van der Waals surface area contributed by atoms with Crippen LogP contribution in [0.3, 0.4) is 0 Å². The van der Waals surface area contributed by atoms with Crippen LogP contribution in [0.25, 0.3) is 28.3 Å². The molecule has 1 atom stereocenters. The summed E-state index contributed by atoms with van der Waals surface area (Å²) in [4.78, 5) is 32.5. The van der Waals surface area contributed by atoms with Crippen LogP contribution in [0.4, 0.5) is 29.1 Å². The number of hydrogen-bond donors (Lipinski definition) is 1. The molecule has 10 nitrogen and oxygen atoms in total. The van der Waals surface area contributed by atoms with E-state index >= 15 is 0 Å². The smallest absolute Gasteiger partial charge is 0.420 e. The first-order chi connectivity index (χ1) is 21.6. The van der Waals surface area contributed by atoms with Crippen LogP contribution in [0.5, 0.6) is 5.75 Å². The minimum atomic E-state index is -3.87. The first-order valence-electron chi connectivity index (χ1n) is 13.7. The molecule has 5 aromatic rings. The van der Waals surface area contributed by atoms with Crippen molar-refractivity contribution >= 4 is 29.0 Å². The van der Waals surface area contributed by atoms with Crippen LogP contribution in [0.15, 0.2) is 67.4 Å². The van der Waals surface area contributed by atoms with E-state index in [2.05, 4.69) is 30.1 Å². The molecule has 7 rings (SSSR count). The van der Waals surface area contributed by atoms with Crippen molar-refractivity contribution in [2.24, 2.45) is 0 Å². The predicted molar refractivity (Wildman–Crippen MR) is 156 cm³/mol. The van der Waals surface area contributed by atoms with Gasteiger partial charge in [-0.1, -0.05) is 0 Å². The average Bonchev–Trinajstić information content (AvgIpc) is 3.73. The van der Waals surface area contributed by atoms with Crippen molar-refractivity contribution in [1.82, 2.24) is 29.7 Å². The van der Waals surface area contributed by atoms with E-state index in [1.54, 1.807) is 18.5 Å². The Morgan fingerprint density at radius 3 is 2.49 bits per heavy atom. The summed E-state index contributed by atoms with van der Waals surface area (Å²) < 4.78 is 59.5. The highest BCUT2D eigenvalue weighted by molar-refractivity contribution is 6.20. The zero-order chi connectivity index (χ0) is 31.3. The maximum atomic E-state index is 14.3. The van der Waals surface area contributed by atoms with Crippen molar-refractivity contribution in [3.8, 4) is 34.1 Å². The summed E-state index contributed by atoms with van der Waals surface area (Å²) in [5, 5.41) is 7.11. The Bertz CT molecular complexity index is 1920. The molecule has 4 aromatic heterocycles. The summed E-state index contributed by atoms with van der Waals surface area (Å²) in [5.74, 6) is -0.586. The van der Waals surface area contributed by atoms with E-state index in [9.17, 15) is 22.4 Å². The Morgan fingerprint density at radius 1 is 1.00 bits per heavy atom. The van der Waals surface area contributed by atoms with Gasteiger partial charge in [0.2, 0.25) is 0 Å². The van der Waals surface area contributed by atoms with Crippen molar-refractivity contribution < 1.29 is 27.1 Å². The Labute approximate surface area is 257 Å². The molecule has 0 radical (unpaired) electrons. The largest absolute Gasteiger partial charge is 0.487 e. The quantitative estimate of drug-likeness (QED) is 0.173. The molecule has 1 amide bonds. The molecule has 0 saturated carbocycles. The minimum absolute atomic E-state index is 0.151. The van der Waals surface area contributed by atoms with Gasteiger partial charge < -0.3 is 15.0 Å². The highest BCUT2D eigenvalue weighted by Crippen LogP contribution is 2.40. The van der Waals surface area contributed by atoms with Gasteiger partial charge in [0.05, 0.1) is 42.1 Å². The summed E-state index contributed by atoms with van der Waals surface area (Å²) in [7, 11) is 0. The number of alkyl halides is 4. The van der Waals surface area contributed by atoms with E-state index in [0.717, 1.165) is 29.2 Å². The Hall–Kier alpha value is -5.11. The maximum absolute atomic E-state index is 14.3. The minimum Gasteiger partial charge on any atom is -0.420 e. The van der Waals surface area contributed by atoms with Crippen LogP contribution < -0.4 is 15.0 Å². The molecule has 45 heavy (non-hydrogen) atoms. The van der Waals surface area contributed by atoms with Crippen molar-refractivity contribution in [2.45, 2.75) is 24.6 Å². The highest BCUT2D eigenvalue weighted by Gasteiger charge is 2.30. The van der Waals surface area contributed by atoms with Crippen molar-refractivity contribution in [3.05, 3.63) is 90.0 Å². The van der Waals surface area contributed by atoms with E-state index < -0.39 is 23.5 Å². The van der Waals surface area contributed by atoms with Gasteiger partial charge in [-0.05, 0) is 42.8 Å². The topological polar surface area (TPSA) is 111 Å². The number of anilines is 2. The number of carbonyl (C=O) groups excluding carboxylic acids is 1. The number of nitrogens with one attached hydrogen (secondary N) is 1. The molecule has 1 aromatic carbocycles. The summed E-state index contributed by atoms with van der Waals surface area (Å²) in [6, 6.07) is 8.80. The fourth-order valence-corrected chi connectivity index (χ4v) is 5.52. The second-order valence-corrected chi connectivity index (χ2v) is 10.9. The number of ether oxygens (including phenoxy) is 1. The van der Waals surface area contributed by atoms with Gasteiger partial charge >= 0.3 is 5.57 Å². The van der Waals surface area contributed by atoms with Gasteiger partial charge in [0.15, 0.2) is 5.82 Å². The van der Waals surface area contributed by atoms with Gasteiger partial charge in [-0.25, -0.2) is 23.7 Å². The number of aromatic nitrogens is 6. The van der Waals surface area contributed by atoms with Gasteiger partial charge in [-0.15, -0.1) is 8.78 Å². The number of nitrogens with zero attached hydrogens (tertiary/aromatic N) is 7. The fraction of sp³-hybridized carbons (Fsp3) is 0.200. The normalized spacial score (nSPS) is 15.6. The number of halogens is 5. The molecule has 15 heteroatoms. The molecule has 0 spiro atoms. The van der Waals surface area contributed by atoms with Gasteiger partial charge in [0.1, 0.15) is 17.7 Å². The molecule has 1 fully saturated rings. The standard InChI is InChI=1S/C30H21ClF4N8O2/c31-30(34,35)45-22-3-1-21(2-4-22)41-28(44)18-8-23(27(37-11-18)42-6-5-19(32)15-42)16-7-24-25(36-10-16)9-17-12-40-43(26(17)24)29-38-13-20(33)14-39-29/h1-4,7-8,10-14,19H,5-6,9,15H2,(H,41,44)/t19-/m1/s1. The van der Waals surface area contributed by atoms with Crippen LogP contribution in [-0.2, 0) is 6.42 Å². The van der Waals surface area contributed by atoms with E-state index in [0.29, 0.717) is 47.7 Å². The number of hydrogen-bond acceptors (Lipinski definition) is 8. The lowest BCUT2D eigenvalue weighted by Crippen LogP contribution is -2.22. The van der Waals surface area contributed by atoms with Crippen molar-refractivity contribution in [2.75, 3.05) is 23.3 Å². The fourth-order valence-electron chi connectivity index (χ4n) is 5.43. The summed E-state index contributed by atoms with van der Waals surface area (Å²) in [6.45, 7) is 0.595. The molecule has 0 bridgehead atoms. The molecule has 1 N–H and O–H groups in total. The lowest BCUT2D eigenvalue weighted by molar-refractivity contribution is -0.0964. The summed E-state index contributed by atoms with van der Waals surface area (Å²) >= 11 is 4.81. The van der Waals surface area contributed by atoms with Gasteiger partial charge in [-0.3, -0.25) is 9.78 Å². The molecule has 1 saturated heterocycles. The molecule has 1 aliphatic carbocycles. The van der Waals surface area contributed by atoms with Crippen LogP contribution in [0.2, 0.25) is 0 Å². The van der Waals surface area contributed by atoms with Crippen LogP contribution in [-0.4, -0.2) is 60.5 Å². The second-order valence-electron chi connectivity index (χ2n) is 10.5. The zero-order valence-corrected chi connectivity index (χ0v) is 23.8. The monoisotopic (exact) mass is 636 g/mol. The van der Waals surface area contributed by atoms with E-state index in [-0.39, 0.29) is 23.8 Å². The van der Waals surface area contributed by atoms with Gasteiger partial charge in [0, 0.05) is 64.9 Å². The zero-order valence-electron chi connectivity index (χ0n) is 23.1. The van der Waals surface area contributed by atoms with Crippen LogP contribution in [0.1, 0.15) is 28.0 Å². The van der Waals surface area contributed by atoms with Crippen LogP contribution >= 0.6 is 11.6 Å². The number of benzene rings is 1. The van der Waals surface area contributed by atoms with Gasteiger partial charge in [0.25, 0.3) is 11.9 Å².